The molecule has 0 amide bonds. The van der Waals surface area contributed by atoms with Gasteiger partial charge in [-0.25, -0.2) is 0 Å². The van der Waals surface area contributed by atoms with Gasteiger partial charge >= 0.3 is 6.18 Å². The summed E-state index contributed by atoms with van der Waals surface area (Å²) in [7, 11) is 1.59. The number of aliphatic hydroxyl groups is 1. The number of methoxy groups -OCH3 is 1. The van der Waals surface area contributed by atoms with Gasteiger partial charge in [0, 0.05) is 19.4 Å². The predicted octanol–water partition coefficient (Wildman–Crippen LogP) is 2.77. The largest absolute Gasteiger partial charge is 0.416 e. The van der Waals surface area contributed by atoms with Crippen LogP contribution < -0.4 is 0 Å². The number of aromatic nitrogens is 3. The van der Waals surface area contributed by atoms with Crippen LogP contribution in [0.4, 0.5) is 13.2 Å². The lowest BCUT2D eigenvalue weighted by Gasteiger charge is -2.12. The number of alkyl halides is 3. The summed E-state index contributed by atoms with van der Waals surface area (Å²) in [5.41, 5.74) is -0.311. The molecular weight excluding hydrogens is 331 g/mol. The fourth-order valence-electron chi connectivity index (χ4n) is 1.84. The van der Waals surface area contributed by atoms with Crippen LogP contribution in [0.1, 0.15) is 17.2 Å². The van der Waals surface area contributed by atoms with E-state index in [-0.39, 0.29) is 5.75 Å². The van der Waals surface area contributed by atoms with Gasteiger partial charge in [-0.3, -0.25) is 0 Å². The maximum absolute atomic E-state index is 12.5. The van der Waals surface area contributed by atoms with Crippen molar-refractivity contribution in [3.63, 3.8) is 0 Å². The topological polar surface area (TPSA) is 60.2 Å². The van der Waals surface area contributed by atoms with Crippen molar-refractivity contribution in [2.45, 2.75) is 24.0 Å². The van der Waals surface area contributed by atoms with Crippen molar-refractivity contribution < 1.29 is 23.0 Å². The number of aliphatic hydroxyl groups excluding tert-OH is 1. The molecule has 0 spiro atoms. The van der Waals surface area contributed by atoms with Gasteiger partial charge in [0.05, 0.1) is 18.3 Å². The molecule has 0 aliphatic carbocycles. The van der Waals surface area contributed by atoms with Gasteiger partial charge in [-0.15, -0.1) is 10.2 Å². The monoisotopic (exact) mass is 347 g/mol. The van der Waals surface area contributed by atoms with Crippen molar-refractivity contribution in [2.24, 2.45) is 0 Å². The van der Waals surface area contributed by atoms with E-state index in [0.717, 1.165) is 12.1 Å². The van der Waals surface area contributed by atoms with Gasteiger partial charge in [0.1, 0.15) is 6.33 Å². The van der Waals surface area contributed by atoms with Gasteiger partial charge in [0.25, 0.3) is 0 Å². The van der Waals surface area contributed by atoms with Gasteiger partial charge in [-0.1, -0.05) is 23.9 Å². The molecule has 2 rings (SSSR count). The van der Waals surface area contributed by atoms with Gasteiger partial charge in [-0.05, 0) is 17.7 Å². The Morgan fingerprint density at radius 1 is 1.30 bits per heavy atom. The Balaban J connectivity index is 1.94. The fourth-order valence-corrected chi connectivity index (χ4v) is 2.75. The van der Waals surface area contributed by atoms with Crippen molar-refractivity contribution in [3.8, 4) is 0 Å². The number of hydrogen-bond donors (Lipinski definition) is 1. The molecule has 1 N–H and O–H groups in total. The zero-order valence-corrected chi connectivity index (χ0v) is 13.1. The van der Waals surface area contributed by atoms with Crippen LogP contribution in [-0.4, -0.2) is 39.3 Å². The Morgan fingerprint density at radius 2 is 2.00 bits per heavy atom. The minimum atomic E-state index is -4.38. The average Bonchev–Trinajstić information content (AvgIpc) is 2.97. The molecule has 0 saturated carbocycles. The van der Waals surface area contributed by atoms with Gasteiger partial charge < -0.3 is 14.4 Å². The molecule has 23 heavy (non-hydrogen) atoms. The normalized spacial score (nSPS) is 13.3. The van der Waals surface area contributed by atoms with Crippen molar-refractivity contribution in [3.05, 3.63) is 41.7 Å². The number of rotatable bonds is 7. The first-order valence-electron chi connectivity index (χ1n) is 6.76. The third-order valence-corrected chi connectivity index (χ3v) is 4.17. The summed E-state index contributed by atoms with van der Waals surface area (Å²) in [6.45, 7) is 1.09. The molecule has 1 aromatic carbocycles. The van der Waals surface area contributed by atoms with E-state index in [1.165, 1.54) is 23.9 Å². The van der Waals surface area contributed by atoms with Crippen LogP contribution >= 0.6 is 11.8 Å². The number of hydrogen-bond acceptors (Lipinski definition) is 5. The van der Waals surface area contributed by atoms with E-state index >= 15 is 0 Å². The van der Waals surface area contributed by atoms with E-state index in [9.17, 15) is 18.3 Å². The van der Waals surface area contributed by atoms with E-state index in [0.29, 0.717) is 23.9 Å². The molecule has 1 aromatic heterocycles. The highest BCUT2D eigenvalue weighted by Crippen LogP contribution is 2.30. The highest BCUT2D eigenvalue weighted by molar-refractivity contribution is 7.99. The van der Waals surface area contributed by atoms with E-state index in [1.54, 1.807) is 18.0 Å². The summed E-state index contributed by atoms with van der Waals surface area (Å²) in [6.07, 6.45) is -3.71. The summed E-state index contributed by atoms with van der Waals surface area (Å²) < 4.78 is 44.3. The van der Waals surface area contributed by atoms with Crippen molar-refractivity contribution in [2.75, 3.05) is 19.5 Å². The smallest absolute Gasteiger partial charge is 0.388 e. The average molecular weight is 347 g/mol. The Morgan fingerprint density at radius 3 is 2.61 bits per heavy atom. The van der Waals surface area contributed by atoms with Crippen LogP contribution in [0.5, 0.6) is 0 Å². The molecule has 0 radical (unpaired) electrons. The lowest BCUT2D eigenvalue weighted by molar-refractivity contribution is -0.137. The van der Waals surface area contributed by atoms with E-state index in [4.69, 9.17) is 4.74 Å². The lowest BCUT2D eigenvalue weighted by atomic mass is 10.1. The molecule has 0 aliphatic rings. The number of halogens is 3. The molecule has 126 valence electrons. The van der Waals surface area contributed by atoms with Gasteiger partial charge in [0.15, 0.2) is 5.16 Å². The first kappa shape index (κ1) is 17.8. The number of thioether (sulfide) groups is 1. The second-order valence-corrected chi connectivity index (χ2v) is 5.73. The summed E-state index contributed by atoms with van der Waals surface area (Å²) in [6, 6.07) is 4.49. The molecule has 0 saturated heterocycles. The minimum absolute atomic E-state index is 0.261. The summed E-state index contributed by atoms with van der Waals surface area (Å²) in [4.78, 5) is 0. The summed E-state index contributed by atoms with van der Waals surface area (Å²) in [5, 5.41) is 18.5. The highest BCUT2D eigenvalue weighted by Gasteiger charge is 2.30. The fraction of sp³-hybridized carbons (Fsp3) is 0.429. The van der Waals surface area contributed by atoms with Crippen molar-refractivity contribution in [1.29, 1.82) is 0 Å². The Kier molecular flexibility index (Phi) is 6.03. The van der Waals surface area contributed by atoms with E-state index < -0.39 is 17.8 Å². The quantitative estimate of drug-likeness (QED) is 0.781. The molecule has 0 aliphatic heterocycles. The number of ether oxygens (including phenoxy) is 1. The lowest BCUT2D eigenvalue weighted by Crippen LogP contribution is -2.07. The predicted molar refractivity (Wildman–Crippen MR) is 79.0 cm³/mol. The molecule has 2 aromatic rings. The molecule has 1 atom stereocenters. The maximum atomic E-state index is 12.5. The maximum Gasteiger partial charge on any atom is 0.416 e. The Labute approximate surface area is 135 Å². The van der Waals surface area contributed by atoms with Crippen molar-refractivity contribution in [1.82, 2.24) is 14.8 Å². The highest BCUT2D eigenvalue weighted by atomic mass is 32.2. The summed E-state index contributed by atoms with van der Waals surface area (Å²) in [5.74, 6) is 0.261. The van der Waals surface area contributed by atoms with Gasteiger partial charge in [-0.2, -0.15) is 13.2 Å². The molecule has 0 fully saturated rings. The molecule has 9 heteroatoms. The van der Waals surface area contributed by atoms with Crippen LogP contribution in [-0.2, 0) is 17.5 Å². The third kappa shape index (κ3) is 4.95. The number of nitrogens with zero attached hydrogens (tertiary/aromatic N) is 3. The van der Waals surface area contributed by atoms with Crippen molar-refractivity contribution >= 4 is 11.8 Å². The van der Waals surface area contributed by atoms with Crippen LogP contribution in [0.3, 0.4) is 0 Å². The van der Waals surface area contributed by atoms with Crippen LogP contribution in [0, 0.1) is 0 Å². The third-order valence-electron chi connectivity index (χ3n) is 3.11. The Bertz CT molecular complexity index is 616. The molecular formula is C14H16F3N3O2S. The molecule has 1 heterocycles. The zero-order chi connectivity index (χ0) is 16.9. The van der Waals surface area contributed by atoms with Crippen LogP contribution in [0.2, 0.25) is 0 Å². The molecule has 5 nitrogen and oxygen atoms in total. The second kappa shape index (κ2) is 7.80. The molecule has 1 unspecified atom stereocenters. The zero-order valence-electron chi connectivity index (χ0n) is 12.3. The molecule has 0 bridgehead atoms. The van der Waals surface area contributed by atoms with E-state index in [1.807, 2.05) is 0 Å². The Hall–Kier alpha value is -1.58. The first-order chi connectivity index (χ1) is 10.9. The van der Waals surface area contributed by atoms with Crippen LogP contribution in [0.15, 0.2) is 35.7 Å². The van der Waals surface area contributed by atoms with E-state index in [2.05, 4.69) is 10.2 Å². The standard InChI is InChI=1S/C14H16F3N3O2S/c1-22-7-6-20-9-18-19-13(20)23-8-12(21)10-2-4-11(5-3-10)14(15,16)17/h2-5,9,12,21H,6-8H2,1H3. The number of benzene rings is 1. The van der Waals surface area contributed by atoms with Crippen LogP contribution in [0.25, 0.3) is 0 Å². The minimum Gasteiger partial charge on any atom is -0.388 e. The second-order valence-electron chi connectivity index (χ2n) is 4.75. The SMILES string of the molecule is COCCn1cnnc1SCC(O)c1ccc(C(F)(F)F)cc1. The summed E-state index contributed by atoms with van der Waals surface area (Å²) >= 11 is 1.28. The van der Waals surface area contributed by atoms with Gasteiger partial charge in [0.2, 0.25) is 0 Å². The first-order valence-corrected chi connectivity index (χ1v) is 7.75.